The van der Waals surface area contributed by atoms with Crippen molar-refractivity contribution in [3.8, 4) is 0 Å². The highest BCUT2D eigenvalue weighted by Crippen LogP contribution is 2.18. The predicted octanol–water partition coefficient (Wildman–Crippen LogP) is 3.01. The van der Waals surface area contributed by atoms with Crippen LogP contribution in [0.5, 0.6) is 0 Å². The smallest absolute Gasteiger partial charge is 0.407 e. The summed E-state index contributed by atoms with van der Waals surface area (Å²) in [5.41, 5.74) is 7.54. The third-order valence-corrected chi connectivity index (χ3v) is 3.32. The lowest BCUT2D eigenvalue weighted by Crippen LogP contribution is -2.33. The van der Waals surface area contributed by atoms with Crippen molar-refractivity contribution >= 4 is 17.0 Å². The number of ether oxygens (including phenoxy) is 1. The lowest BCUT2D eigenvalue weighted by atomic mass is 10.1. The second-order valence-corrected chi connectivity index (χ2v) is 6.39. The van der Waals surface area contributed by atoms with E-state index in [1.54, 1.807) is 0 Å². The number of aromatic nitrogens is 1. The Morgan fingerprint density at radius 3 is 2.77 bits per heavy atom. The third-order valence-electron chi connectivity index (χ3n) is 3.32. The van der Waals surface area contributed by atoms with Gasteiger partial charge in [-0.05, 0) is 50.3 Å². The van der Waals surface area contributed by atoms with Crippen molar-refractivity contribution in [2.24, 2.45) is 5.73 Å². The SMILES string of the molecule is CC(C)(C)OC(=O)NCCCn1ccc2ccc(CN)cc21. The molecule has 3 N–H and O–H groups in total. The van der Waals surface area contributed by atoms with Gasteiger partial charge in [-0.3, -0.25) is 0 Å². The fourth-order valence-electron chi connectivity index (χ4n) is 2.31. The molecule has 0 saturated heterocycles. The molecule has 0 unspecified atom stereocenters. The van der Waals surface area contributed by atoms with E-state index < -0.39 is 5.60 Å². The van der Waals surface area contributed by atoms with E-state index in [1.807, 2.05) is 20.8 Å². The average molecular weight is 303 g/mol. The van der Waals surface area contributed by atoms with Crippen LogP contribution in [0.25, 0.3) is 10.9 Å². The highest BCUT2D eigenvalue weighted by atomic mass is 16.6. The van der Waals surface area contributed by atoms with E-state index in [0.717, 1.165) is 18.5 Å². The predicted molar refractivity (Wildman–Crippen MR) is 88.7 cm³/mol. The number of hydrogen-bond donors (Lipinski definition) is 2. The van der Waals surface area contributed by atoms with Gasteiger partial charge in [-0.15, -0.1) is 0 Å². The Hall–Kier alpha value is -2.01. The van der Waals surface area contributed by atoms with Crippen LogP contribution in [0.4, 0.5) is 4.79 Å². The van der Waals surface area contributed by atoms with Crippen LogP contribution in [0.1, 0.15) is 32.8 Å². The van der Waals surface area contributed by atoms with E-state index in [0.29, 0.717) is 13.1 Å². The molecule has 5 nitrogen and oxygen atoms in total. The van der Waals surface area contributed by atoms with E-state index in [2.05, 4.69) is 40.3 Å². The van der Waals surface area contributed by atoms with Gasteiger partial charge in [0, 0.05) is 31.3 Å². The molecule has 0 bridgehead atoms. The molecule has 0 radical (unpaired) electrons. The number of alkyl carbamates (subject to hydrolysis) is 1. The van der Waals surface area contributed by atoms with Gasteiger partial charge in [-0.1, -0.05) is 12.1 Å². The van der Waals surface area contributed by atoms with Crippen molar-refractivity contribution in [1.82, 2.24) is 9.88 Å². The molecule has 1 heterocycles. The first kappa shape index (κ1) is 16.4. The molecule has 0 fully saturated rings. The van der Waals surface area contributed by atoms with Gasteiger partial charge in [0.2, 0.25) is 0 Å². The second-order valence-electron chi connectivity index (χ2n) is 6.39. The first-order chi connectivity index (χ1) is 10.4. The van der Waals surface area contributed by atoms with Crippen molar-refractivity contribution in [3.63, 3.8) is 0 Å². The molecule has 1 aromatic heterocycles. The van der Waals surface area contributed by atoms with Crippen molar-refractivity contribution in [1.29, 1.82) is 0 Å². The molecule has 1 aromatic carbocycles. The van der Waals surface area contributed by atoms with Gasteiger partial charge < -0.3 is 20.4 Å². The van der Waals surface area contributed by atoms with Crippen molar-refractivity contribution in [2.75, 3.05) is 6.54 Å². The molecule has 5 heteroatoms. The quantitative estimate of drug-likeness (QED) is 0.834. The largest absolute Gasteiger partial charge is 0.444 e. The van der Waals surface area contributed by atoms with Crippen molar-refractivity contribution < 1.29 is 9.53 Å². The zero-order valence-electron chi connectivity index (χ0n) is 13.6. The summed E-state index contributed by atoms with van der Waals surface area (Å²) in [5.74, 6) is 0. The number of carbonyl (C=O) groups is 1. The molecule has 0 spiro atoms. The summed E-state index contributed by atoms with van der Waals surface area (Å²) in [4.78, 5) is 11.6. The molecule has 0 atom stereocenters. The molecule has 120 valence electrons. The van der Waals surface area contributed by atoms with Gasteiger partial charge in [0.25, 0.3) is 0 Å². The zero-order valence-corrected chi connectivity index (χ0v) is 13.6. The maximum atomic E-state index is 11.6. The monoisotopic (exact) mass is 303 g/mol. The summed E-state index contributed by atoms with van der Waals surface area (Å²) >= 11 is 0. The topological polar surface area (TPSA) is 69.3 Å². The van der Waals surface area contributed by atoms with Crippen molar-refractivity contribution in [2.45, 2.75) is 45.9 Å². The van der Waals surface area contributed by atoms with Gasteiger partial charge >= 0.3 is 6.09 Å². The summed E-state index contributed by atoms with van der Waals surface area (Å²) in [7, 11) is 0. The maximum absolute atomic E-state index is 11.6. The molecule has 0 saturated carbocycles. The maximum Gasteiger partial charge on any atom is 0.407 e. The summed E-state index contributed by atoms with van der Waals surface area (Å²) in [5, 5.41) is 3.98. The minimum absolute atomic E-state index is 0.365. The van der Waals surface area contributed by atoms with Crippen LogP contribution in [0, 0.1) is 0 Å². The van der Waals surface area contributed by atoms with Crippen LogP contribution in [-0.2, 0) is 17.8 Å². The number of benzene rings is 1. The molecular weight excluding hydrogens is 278 g/mol. The Labute approximate surface area is 131 Å². The third kappa shape index (κ3) is 4.49. The fraction of sp³-hybridized carbons (Fsp3) is 0.471. The minimum Gasteiger partial charge on any atom is -0.444 e. The van der Waals surface area contributed by atoms with Gasteiger partial charge in [0.05, 0.1) is 0 Å². The summed E-state index contributed by atoms with van der Waals surface area (Å²) in [6.07, 6.45) is 2.55. The molecule has 0 aliphatic carbocycles. The molecule has 2 rings (SSSR count). The Bertz CT molecular complexity index is 641. The highest BCUT2D eigenvalue weighted by Gasteiger charge is 2.15. The molecular formula is C17H25N3O2. The fourth-order valence-corrected chi connectivity index (χ4v) is 2.31. The number of amides is 1. The van der Waals surface area contributed by atoms with Gasteiger partial charge in [0.15, 0.2) is 0 Å². The van der Waals surface area contributed by atoms with Gasteiger partial charge in [0.1, 0.15) is 5.60 Å². The Morgan fingerprint density at radius 2 is 2.09 bits per heavy atom. The van der Waals surface area contributed by atoms with Crippen molar-refractivity contribution in [3.05, 3.63) is 36.0 Å². The number of nitrogens with two attached hydrogens (primary N) is 1. The Kier molecular flexibility index (Phi) is 5.08. The lowest BCUT2D eigenvalue weighted by molar-refractivity contribution is 0.0527. The number of carbonyl (C=O) groups excluding carboxylic acids is 1. The summed E-state index contributed by atoms with van der Waals surface area (Å²) in [6, 6.07) is 8.36. The van der Waals surface area contributed by atoms with Crippen LogP contribution in [-0.4, -0.2) is 22.8 Å². The molecule has 0 aliphatic heterocycles. The van der Waals surface area contributed by atoms with E-state index in [9.17, 15) is 4.79 Å². The zero-order chi connectivity index (χ0) is 16.2. The van der Waals surface area contributed by atoms with Crippen LogP contribution in [0.15, 0.2) is 30.5 Å². The van der Waals surface area contributed by atoms with Crippen LogP contribution < -0.4 is 11.1 Å². The van der Waals surface area contributed by atoms with Crippen LogP contribution >= 0.6 is 0 Å². The summed E-state index contributed by atoms with van der Waals surface area (Å²) < 4.78 is 7.39. The number of aryl methyl sites for hydroxylation is 1. The van der Waals surface area contributed by atoms with Crippen LogP contribution in [0.2, 0.25) is 0 Å². The summed E-state index contributed by atoms with van der Waals surface area (Å²) in [6.45, 7) is 7.54. The first-order valence-corrected chi connectivity index (χ1v) is 7.64. The van der Waals surface area contributed by atoms with Gasteiger partial charge in [-0.2, -0.15) is 0 Å². The Morgan fingerprint density at radius 1 is 1.32 bits per heavy atom. The van der Waals surface area contributed by atoms with E-state index >= 15 is 0 Å². The second kappa shape index (κ2) is 6.83. The number of nitrogens with one attached hydrogen (secondary N) is 1. The molecule has 0 aliphatic rings. The number of hydrogen-bond acceptors (Lipinski definition) is 3. The van der Waals surface area contributed by atoms with Crippen LogP contribution in [0.3, 0.4) is 0 Å². The lowest BCUT2D eigenvalue weighted by Gasteiger charge is -2.19. The standard InChI is InChI=1S/C17H25N3O2/c1-17(2,3)22-16(21)19-8-4-9-20-10-7-14-6-5-13(12-18)11-15(14)20/h5-7,10-11H,4,8-9,12,18H2,1-3H3,(H,19,21). The van der Waals surface area contributed by atoms with E-state index in [1.165, 1.54) is 10.9 Å². The highest BCUT2D eigenvalue weighted by molar-refractivity contribution is 5.80. The molecule has 2 aromatic rings. The average Bonchev–Trinajstić information content (AvgIpc) is 2.84. The van der Waals surface area contributed by atoms with E-state index in [4.69, 9.17) is 10.5 Å². The first-order valence-electron chi connectivity index (χ1n) is 7.64. The molecule has 1 amide bonds. The number of fused-ring (bicyclic) bond motifs is 1. The van der Waals surface area contributed by atoms with E-state index in [-0.39, 0.29) is 6.09 Å². The van der Waals surface area contributed by atoms with Gasteiger partial charge in [-0.25, -0.2) is 4.79 Å². The minimum atomic E-state index is -0.459. The molecule has 22 heavy (non-hydrogen) atoms. The Balaban J connectivity index is 1.86. The normalized spacial score (nSPS) is 11.6. The number of rotatable bonds is 5. The number of nitrogens with zero attached hydrogens (tertiary/aromatic N) is 1.